The number of amides is 2. The Morgan fingerprint density at radius 2 is 2.08 bits per heavy atom. The maximum absolute atomic E-state index is 12.4. The van der Waals surface area contributed by atoms with Crippen molar-refractivity contribution in [2.75, 3.05) is 19.6 Å². The second kappa shape index (κ2) is 8.68. The molecule has 6 heteroatoms. The number of rotatable bonds is 5. The average molecular weight is 364 g/mol. The van der Waals surface area contributed by atoms with Crippen LogP contribution < -0.4 is 10.6 Å². The van der Waals surface area contributed by atoms with E-state index in [0.717, 1.165) is 55.7 Å². The molecule has 2 N–H and O–H groups in total. The Morgan fingerprint density at radius 3 is 2.92 bits per heavy atom. The van der Waals surface area contributed by atoms with Gasteiger partial charge in [0.05, 0.1) is 6.54 Å². The van der Waals surface area contributed by atoms with E-state index >= 15 is 0 Å². The first-order valence-electron chi connectivity index (χ1n) is 9.18. The number of nitrogens with one attached hydrogen (secondary N) is 2. The highest BCUT2D eigenvalue weighted by molar-refractivity contribution is 6.31. The van der Waals surface area contributed by atoms with E-state index in [1.54, 1.807) is 0 Å². The van der Waals surface area contributed by atoms with Gasteiger partial charge in [-0.1, -0.05) is 29.8 Å². The molecule has 0 saturated carbocycles. The predicted octanol–water partition coefficient (Wildman–Crippen LogP) is 2.13. The molecule has 0 bridgehead atoms. The average Bonchev–Trinajstić information content (AvgIpc) is 2.91. The van der Waals surface area contributed by atoms with E-state index in [-0.39, 0.29) is 17.9 Å². The smallest absolute Gasteiger partial charge is 0.242 e. The van der Waals surface area contributed by atoms with Crippen molar-refractivity contribution in [1.29, 1.82) is 0 Å². The molecule has 2 atom stereocenters. The Balaban J connectivity index is 1.54. The summed E-state index contributed by atoms with van der Waals surface area (Å²) in [6.07, 6.45) is 5.68. The van der Waals surface area contributed by atoms with Crippen molar-refractivity contribution in [2.24, 2.45) is 0 Å². The summed E-state index contributed by atoms with van der Waals surface area (Å²) in [5, 5.41) is 6.56. The molecule has 3 rings (SSSR count). The molecule has 0 spiro atoms. The summed E-state index contributed by atoms with van der Waals surface area (Å²) >= 11 is 6.27. The molecule has 2 aliphatic rings. The van der Waals surface area contributed by atoms with Crippen molar-refractivity contribution in [3.8, 4) is 0 Å². The number of hydrogen-bond acceptors (Lipinski definition) is 3. The van der Waals surface area contributed by atoms with E-state index in [1.807, 2.05) is 18.2 Å². The van der Waals surface area contributed by atoms with Gasteiger partial charge < -0.3 is 10.6 Å². The van der Waals surface area contributed by atoms with E-state index in [0.29, 0.717) is 19.1 Å². The van der Waals surface area contributed by atoms with E-state index in [1.165, 1.54) is 0 Å². The third-order valence-electron chi connectivity index (χ3n) is 5.13. The van der Waals surface area contributed by atoms with Gasteiger partial charge in [-0.25, -0.2) is 0 Å². The SMILES string of the molecule is O=C(CN1CCC[C@H]1Cc1ccccc1Cl)N[C@@H]1CCCCNC1=O. The number of benzene rings is 1. The van der Waals surface area contributed by atoms with Crippen LogP contribution in [0.15, 0.2) is 24.3 Å². The van der Waals surface area contributed by atoms with Gasteiger partial charge in [0.2, 0.25) is 11.8 Å². The molecule has 25 heavy (non-hydrogen) atoms. The number of carbonyl (C=O) groups excluding carboxylic acids is 2. The minimum absolute atomic E-state index is 0.0557. The lowest BCUT2D eigenvalue weighted by Gasteiger charge is -2.25. The van der Waals surface area contributed by atoms with Crippen LogP contribution in [0, 0.1) is 0 Å². The molecule has 1 aromatic carbocycles. The van der Waals surface area contributed by atoms with Crippen LogP contribution in [0.2, 0.25) is 5.02 Å². The van der Waals surface area contributed by atoms with Crippen molar-refractivity contribution in [2.45, 2.75) is 50.6 Å². The monoisotopic (exact) mass is 363 g/mol. The molecule has 2 fully saturated rings. The zero-order valence-corrected chi connectivity index (χ0v) is 15.2. The van der Waals surface area contributed by atoms with Gasteiger partial charge in [0.15, 0.2) is 0 Å². The summed E-state index contributed by atoms with van der Waals surface area (Å²) in [5.74, 6) is -0.118. The fraction of sp³-hybridized carbons (Fsp3) is 0.579. The third-order valence-corrected chi connectivity index (χ3v) is 5.50. The molecule has 2 heterocycles. The molecule has 0 unspecified atom stereocenters. The van der Waals surface area contributed by atoms with Crippen LogP contribution in [0.3, 0.4) is 0 Å². The van der Waals surface area contributed by atoms with Gasteiger partial charge in [-0.2, -0.15) is 0 Å². The van der Waals surface area contributed by atoms with Gasteiger partial charge in [0.25, 0.3) is 0 Å². The van der Waals surface area contributed by atoms with Crippen LogP contribution in [0.4, 0.5) is 0 Å². The first-order valence-corrected chi connectivity index (χ1v) is 9.56. The summed E-state index contributed by atoms with van der Waals surface area (Å²) in [4.78, 5) is 26.6. The summed E-state index contributed by atoms with van der Waals surface area (Å²) in [6.45, 7) is 1.97. The van der Waals surface area contributed by atoms with Gasteiger partial charge in [0, 0.05) is 17.6 Å². The van der Waals surface area contributed by atoms with Crippen LogP contribution in [-0.4, -0.2) is 48.4 Å². The van der Waals surface area contributed by atoms with E-state index in [2.05, 4.69) is 21.6 Å². The first kappa shape index (κ1) is 18.2. The van der Waals surface area contributed by atoms with Crippen molar-refractivity contribution in [3.05, 3.63) is 34.9 Å². The van der Waals surface area contributed by atoms with Crippen LogP contribution in [0.1, 0.15) is 37.7 Å². The van der Waals surface area contributed by atoms with Gasteiger partial charge in [-0.05, 0) is 56.7 Å². The number of hydrogen-bond donors (Lipinski definition) is 2. The maximum atomic E-state index is 12.4. The van der Waals surface area contributed by atoms with Crippen LogP contribution >= 0.6 is 11.6 Å². The zero-order valence-electron chi connectivity index (χ0n) is 14.5. The highest BCUT2D eigenvalue weighted by Crippen LogP contribution is 2.24. The maximum Gasteiger partial charge on any atom is 0.242 e. The van der Waals surface area contributed by atoms with E-state index < -0.39 is 0 Å². The molecule has 2 amide bonds. The molecule has 2 saturated heterocycles. The molecule has 2 aliphatic heterocycles. The number of halogens is 1. The zero-order chi connectivity index (χ0) is 17.6. The lowest BCUT2D eigenvalue weighted by Crippen LogP contribution is -2.49. The molecular weight excluding hydrogens is 338 g/mol. The fourth-order valence-electron chi connectivity index (χ4n) is 3.75. The topological polar surface area (TPSA) is 61.4 Å². The Morgan fingerprint density at radius 1 is 1.24 bits per heavy atom. The molecule has 1 aromatic rings. The van der Waals surface area contributed by atoms with Gasteiger partial charge in [-0.3, -0.25) is 14.5 Å². The van der Waals surface area contributed by atoms with Crippen LogP contribution in [0.5, 0.6) is 0 Å². The highest BCUT2D eigenvalue weighted by Gasteiger charge is 2.28. The summed E-state index contributed by atoms with van der Waals surface area (Å²) < 4.78 is 0. The predicted molar refractivity (Wildman–Crippen MR) is 98.5 cm³/mol. The van der Waals surface area contributed by atoms with E-state index in [4.69, 9.17) is 11.6 Å². The van der Waals surface area contributed by atoms with Gasteiger partial charge >= 0.3 is 0 Å². The molecule has 0 radical (unpaired) electrons. The standard InChI is InChI=1S/C19H26ClN3O2/c20-16-8-2-1-6-14(16)12-15-7-5-11-23(15)13-18(24)22-17-9-3-4-10-21-19(17)25/h1-2,6,8,15,17H,3-5,7,9-13H2,(H,21,25)(H,22,24)/t15-,17+/m0/s1. The fourth-order valence-corrected chi connectivity index (χ4v) is 3.97. The van der Waals surface area contributed by atoms with Crippen LogP contribution in [-0.2, 0) is 16.0 Å². The second-order valence-corrected chi connectivity index (χ2v) is 7.38. The number of nitrogens with zero attached hydrogens (tertiary/aromatic N) is 1. The molecular formula is C19H26ClN3O2. The summed E-state index contributed by atoms with van der Waals surface area (Å²) in [6, 6.07) is 7.83. The van der Waals surface area contributed by atoms with Crippen molar-refractivity contribution >= 4 is 23.4 Å². The Kier molecular flexibility index (Phi) is 6.32. The Bertz CT molecular complexity index is 622. The minimum Gasteiger partial charge on any atom is -0.354 e. The lowest BCUT2D eigenvalue weighted by atomic mass is 10.0. The molecule has 136 valence electrons. The van der Waals surface area contributed by atoms with Gasteiger partial charge in [0.1, 0.15) is 6.04 Å². The number of likely N-dealkylation sites (tertiary alicyclic amines) is 1. The summed E-state index contributed by atoms with van der Waals surface area (Å²) in [7, 11) is 0. The van der Waals surface area contributed by atoms with Crippen LogP contribution in [0.25, 0.3) is 0 Å². The second-order valence-electron chi connectivity index (χ2n) is 6.97. The minimum atomic E-state index is -0.389. The molecule has 5 nitrogen and oxygen atoms in total. The quantitative estimate of drug-likeness (QED) is 0.842. The van der Waals surface area contributed by atoms with Crippen molar-refractivity contribution < 1.29 is 9.59 Å². The highest BCUT2D eigenvalue weighted by atomic mass is 35.5. The van der Waals surface area contributed by atoms with E-state index in [9.17, 15) is 9.59 Å². The molecule has 0 aromatic heterocycles. The van der Waals surface area contributed by atoms with Crippen molar-refractivity contribution in [1.82, 2.24) is 15.5 Å². The lowest BCUT2D eigenvalue weighted by molar-refractivity contribution is -0.129. The van der Waals surface area contributed by atoms with Gasteiger partial charge in [-0.15, -0.1) is 0 Å². The number of carbonyl (C=O) groups is 2. The summed E-state index contributed by atoms with van der Waals surface area (Å²) in [5.41, 5.74) is 1.13. The largest absolute Gasteiger partial charge is 0.354 e. The normalized spacial score (nSPS) is 24.6. The molecule has 0 aliphatic carbocycles. The Labute approximate surface area is 154 Å². The third kappa shape index (κ3) is 4.95. The Hall–Kier alpha value is -1.59. The van der Waals surface area contributed by atoms with Crippen molar-refractivity contribution in [3.63, 3.8) is 0 Å². The first-order chi connectivity index (χ1) is 12.1.